The molecule has 2 atom stereocenters. The fourth-order valence-corrected chi connectivity index (χ4v) is 4.48. The summed E-state index contributed by atoms with van der Waals surface area (Å²) in [6.07, 6.45) is 5.58. The molecule has 3 N–H and O–H groups in total. The topological polar surface area (TPSA) is 73.1 Å². The molecular weight excluding hydrogens is 419 g/mol. The van der Waals surface area contributed by atoms with Gasteiger partial charge in [-0.15, -0.1) is 0 Å². The maximum Gasteiger partial charge on any atom is 0.166 e. The Morgan fingerprint density at radius 3 is 2.53 bits per heavy atom. The lowest BCUT2D eigenvalue weighted by Gasteiger charge is -2.22. The molecule has 1 aliphatic rings. The van der Waals surface area contributed by atoms with Crippen LogP contribution < -0.4 is 15.8 Å². The van der Waals surface area contributed by atoms with Crippen molar-refractivity contribution in [2.45, 2.75) is 31.8 Å². The fourth-order valence-electron chi connectivity index (χ4n) is 3.78. The van der Waals surface area contributed by atoms with Crippen LogP contribution in [0, 0.1) is 0 Å². The number of hydrogen-bond acceptors (Lipinski definition) is 5. The van der Waals surface area contributed by atoms with E-state index in [9.17, 15) is 0 Å². The lowest BCUT2D eigenvalue weighted by molar-refractivity contribution is 0.228. The molecule has 4 rings (SSSR count). The maximum absolute atomic E-state index is 6.31. The van der Waals surface area contributed by atoms with Crippen molar-refractivity contribution in [3.63, 3.8) is 0 Å². The number of anilines is 1. The Labute approximate surface area is 186 Å². The largest absolute Gasteiger partial charge is 0.482 e. The molecule has 0 spiro atoms. The maximum atomic E-state index is 6.31. The van der Waals surface area contributed by atoms with Gasteiger partial charge in [0.15, 0.2) is 11.6 Å². The predicted molar refractivity (Wildman–Crippen MR) is 122 cm³/mol. The summed E-state index contributed by atoms with van der Waals surface area (Å²) in [5, 5.41) is 4.53. The number of benzene rings is 1. The molecular formula is C23H24Cl2N4O. The van der Waals surface area contributed by atoms with Crippen molar-refractivity contribution in [3.8, 4) is 16.9 Å². The molecule has 3 aromatic rings. The van der Waals surface area contributed by atoms with Crippen LogP contribution in [0.1, 0.15) is 43.0 Å². The Morgan fingerprint density at radius 1 is 1.10 bits per heavy atom. The Balaban J connectivity index is 1.56. The number of nitrogens with zero attached hydrogens (tertiary/aromatic N) is 2. The van der Waals surface area contributed by atoms with Crippen molar-refractivity contribution < 1.29 is 4.74 Å². The van der Waals surface area contributed by atoms with E-state index in [0.29, 0.717) is 27.5 Å². The van der Waals surface area contributed by atoms with Crippen molar-refractivity contribution >= 4 is 29.0 Å². The molecule has 1 aliphatic heterocycles. The van der Waals surface area contributed by atoms with Crippen LogP contribution >= 0.6 is 23.2 Å². The third kappa shape index (κ3) is 4.53. The number of rotatable bonds is 5. The van der Waals surface area contributed by atoms with Gasteiger partial charge in [0.05, 0.1) is 0 Å². The lowest BCUT2D eigenvalue weighted by Crippen LogP contribution is -2.28. The summed E-state index contributed by atoms with van der Waals surface area (Å²) in [7, 11) is 0. The third-order valence-corrected chi connectivity index (χ3v) is 6.09. The number of halogens is 2. The molecule has 7 heteroatoms. The van der Waals surface area contributed by atoms with Crippen LogP contribution in [0.3, 0.4) is 0 Å². The lowest BCUT2D eigenvalue weighted by atomic mass is 9.95. The quantitative estimate of drug-likeness (QED) is 0.534. The van der Waals surface area contributed by atoms with Crippen molar-refractivity contribution in [2.24, 2.45) is 0 Å². The van der Waals surface area contributed by atoms with Crippen LogP contribution in [0.25, 0.3) is 11.1 Å². The van der Waals surface area contributed by atoms with Crippen LogP contribution in [0.2, 0.25) is 10.0 Å². The standard InChI is InChI=1S/C23H24Cl2N4O/c1-14(22-18(24)5-2-6-19(22)25)30-21-10-17(13-29-23(21)26)15-7-8-20(28-12-15)16-4-3-9-27-11-16/h2,5-8,10,12-14,16,27H,3-4,9,11H2,1H3,(H2,26,29). The molecule has 2 aromatic heterocycles. The summed E-state index contributed by atoms with van der Waals surface area (Å²) < 4.78 is 6.09. The molecule has 0 aliphatic carbocycles. The number of pyridine rings is 2. The number of piperidine rings is 1. The van der Waals surface area contributed by atoms with Crippen LogP contribution in [0.15, 0.2) is 48.8 Å². The number of nitrogens with two attached hydrogens (primary N) is 1. The second kappa shape index (κ2) is 9.21. The van der Waals surface area contributed by atoms with Crippen LogP contribution in [-0.4, -0.2) is 23.1 Å². The van der Waals surface area contributed by atoms with Gasteiger partial charge in [-0.25, -0.2) is 4.98 Å². The van der Waals surface area contributed by atoms with Crippen molar-refractivity contribution in [3.05, 3.63) is 70.1 Å². The van der Waals surface area contributed by atoms with Gasteiger partial charge in [-0.3, -0.25) is 4.98 Å². The van der Waals surface area contributed by atoms with E-state index in [1.807, 2.05) is 19.2 Å². The summed E-state index contributed by atoms with van der Waals surface area (Å²) in [6.45, 7) is 3.95. The number of nitrogen functional groups attached to an aromatic ring is 1. The summed E-state index contributed by atoms with van der Waals surface area (Å²) >= 11 is 12.6. The zero-order valence-corrected chi connectivity index (χ0v) is 18.2. The van der Waals surface area contributed by atoms with Gasteiger partial charge in [0, 0.05) is 57.3 Å². The van der Waals surface area contributed by atoms with Gasteiger partial charge in [0.25, 0.3) is 0 Å². The van der Waals surface area contributed by atoms with E-state index in [1.54, 1.807) is 24.4 Å². The summed E-state index contributed by atoms with van der Waals surface area (Å²) in [4.78, 5) is 9.00. The van der Waals surface area contributed by atoms with E-state index < -0.39 is 0 Å². The van der Waals surface area contributed by atoms with E-state index in [4.69, 9.17) is 33.7 Å². The highest BCUT2D eigenvalue weighted by atomic mass is 35.5. The first-order chi connectivity index (χ1) is 14.5. The molecule has 2 unspecified atom stereocenters. The number of hydrogen-bond donors (Lipinski definition) is 2. The first-order valence-corrected chi connectivity index (χ1v) is 10.8. The summed E-state index contributed by atoms with van der Waals surface area (Å²) in [5.41, 5.74) is 9.75. The fraction of sp³-hybridized carbons (Fsp3) is 0.304. The molecule has 156 valence electrons. The molecule has 30 heavy (non-hydrogen) atoms. The predicted octanol–water partition coefficient (Wildman–Crippen LogP) is 5.64. The average Bonchev–Trinajstić information content (AvgIpc) is 2.76. The first-order valence-electron chi connectivity index (χ1n) is 10.1. The van der Waals surface area contributed by atoms with E-state index in [2.05, 4.69) is 27.4 Å². The highest BCUT2D eigenvalue weighted by Gasteiger charge is 2.18. The van der Waals surface area contributed by atoms with Gasteiger partial charge in [-0.1, -0.05) is 35.3 Å². The monoisotopic (exact) mass is 442 g/mol. The molecule has 0 radical (unpaired) electrons. The van der Waals surface area contributed by atoms with Gasteiger partial charge in [0.2, 0.25) is 0 Å². The number of nitrogens with one attached hydrogen (secondary N) is 1. The SMILES string of the molecule is CC(Oc1cc(-c2ccc(C3CCCNC3)nc2)cnc1N)c1c(Cl)cccc1Cl. The number of aromatic nitrogens is 2. The van der Waals surface area contributed by atoms with Gasteiger partial charge in [-0.2, -0.15) is 0 Å². The van der Waals surface area contributed by atoms with Crippen LogP contribution in [-0.2, 0) is 0 Å². The minimum Gasteiger partial charge on any atom is -0.482 e. The highest BCUT2D eigenvalue weighted by molar-refractivity contribution is 6.36. The average molecular weight is 443 g/mol. The minimum absolute atomic E-state index is 0.312. The Kier molecular flexibility index (Phi) is 6.42. The van der Waals surface area contributed by atoms with E-state index in [1.165, 1.54) is 12.8 Å². The van der Waals surface area contributed by atoms with Gasteiger partial charge in [0.1, 0.15) is 6.10 Å². The molecule has 5 nitrogen and oxygen atoms in total. The number of ether oxygens (including phenoxy) is 1. The Morgan fingerprint density at radius 2 is 1.87 bits per heavy atom. The van der Waals surface area contributed by atoms with E-state index in [-0.39, 0.29) is 6.10 Å². The highest BCUT2D eigenvalue weighted by Crippen LogP contribution is 2.35. The van der Waals surface area contributed by atoms with Crippen molar-refractivity contribution in [2.75, 3.05) is 18.8 Å². The first kappa shape index (κ1) is 20.9. The van der Waals surface area contributed by atoms with Gasteiger partial charge in [-0.05, 0) is 50.6 Å². The zero-order chi connectivity index (χ0) is 21.1. The van der Waals surface area contributed by atoms with Gasteiger partial charge < -0.3 is 15.8 Å². The molecule has 1 aromatic carbocycles. The van der Waals surface area contributed by atoms with E-state index in [0.717, 1.165) is 35.5 Å². The molecule has 0 amide bonds. The van der Waals surface area contributed by atoms with Crippen LogP contribution in [0.5, 0.6) is 5.75 Å². The second-order valence-electron chi connectivity index (χ2n) is 7.52. The summed E-state index contributed by atoms with van der Waals surface area (Å²) in [5.74, 6) is 1.26. The third-order valence-electron chi connectivity index (χ3n) is 5.43. The molecule has 1 saturated heterocycles. The van der Waals surface area contributed by atoms with Crippen molar-refractivity contribution in [1.82, 2.24) is 15.3 Å². The molecule has 3 heterocycles. The molecule has 0 bridgehead atoms. The smallest absolute Gasteiger partial charge is 0.166 e. The summed E-state index contributed by atoms with van der Waals surface area (Å²) in [6, 6.07) is 11.4. The Bertz CT molecular complexity index is 1000. The normalized spacial score (nSPS) is 17.5. The molecule has 1 fully saturated rings. The zero-order valence-electron chi connectivity index (χ0n) is 16.7. The molecule has 0 saturated carbocycles. The van der Waals surface area contributed by atoms with E-state index >= 15 is 0 Å². The minimum atomic E-state index is -0.384. The van der Waals surface area contributed by atoms with Gasteiger partial charge >= 0.3 is 0 Å². The Hall–Kier alpha value is -2.34. The van der Waals surface area contributed by atoms with Crippen molar-refractivity contribution in [1.29, 1.82) is 0 Å². The van der Waals surface area contributed by atoms with Crippen LogP contribution in [0.4, 0.5) is 5.82 Å². The second-order valence-corrected chi connectivity index (χ2v) is 8.33.